The van der Waals surface area contributed by atoms with Crippen LogP contribution in [0.3, 0.4) is 0 Å². The van der Waals surface area contributed by atoms with Gasteiger partial charge in [0, 0.05) is 18.5 Å². The largest absolute Gasteiger partial charge is 0.326 e. The SMILES string of the molecule is C/C=C1/C(=O)N(C2CCC(=O)NC2=O)CC/C1=C(\C)CC. The quantitative estimate of drug-likeness (QED) is 0.622. The monoisotopic (exact) mass is 290 g/mol. The highest BCUT2D eigenvalue weighted by atomic mass is 16.2. The molecule has 2 fully saturated rings. The molecule has 2 aliphatic heterocycles. The predicted octanol–water partition coefficient (Wildman–Crippen LogP) is 1.70. The highest BCUT2D eigenvalue weighted by Crippen LogP contribution is 2.30. The summed E-state index contributed by atoms with van der Waals surface area (Å²) in [5, 5.41) is 2.32. The van der Waals surface area contributed by atoms with Gasteiger partial charge in [-0.3, -0.25) is 19.7 Å². The van der Waals surface area contributed by atoms with E-state index in [4.69, 9.17) is 0 Å². The van der Waals surface area contributed by atoms with E-state index < -0.39 is 6.04 Å². The first-order valence-corrected chi connectivity index (χ1v) is 7.49. The maximum absolute atomic E-state index is 12.7. The topological polar surface area (TPSA) is 66.5 Å². The van der Waals surface area contributed by atoms with Gasteiger partial charge in [-0.1, -0.05) is 18.6 Å². The summed E-state index contributed by atoms with van der Waals surface area (Å²) in [6.45, 7) is 6.51. The number of amides is 3. The van der Waals surface area contributed by atoms with Crippen LogP contribution in [-0.2, 0) is 14.4 Å². The summed E-state index contributed by atoms with van der Waals surface area (Å²) in [4.78, 5) is 37.5. The summed E-state index contributed by atoms with van der Waals surface area (Å²) in [6.07, 6.45) is 4.22. The Balaban J connectivity index is 2.24. The fourth-order valence-corrected chi connectivity index (χ4v) is 2.98. The van der Waals surface area contributed by atoms with Gasteiger partial charge < -0.3 is 4.90 Å². The molecule has 3 amide bonds. The number of piperidine rings is 2. The number of carbonyl (C=O) groups is 3. The Morgan fingerprint density at radius 1 is 1.33 bits per heavy atom. The number of nitrogens with one attached hydrogen (secondary N) is 1. The molecule has 1 unspecified atom stereocenters. The molecule has 0 saturated carbocycles. The highest BCUT2D eigenvalue weighted by Gasteiger charge is 2.38. The van der Waals surface area contributed by atoms with Crippen molar-refractivity contribution < 1.29 is 14.4 Å². The van der Waals surface area contributed by atoms with E-state index >= 15 is 0 Å². The second-order valence-corrected chi connectivity index (χ2v) is 5.53. The third-order valence-corrected chi connectivity index (χ3v) is 4.34. The molecule has 114 valence electrons. The summed E-state index contributed by atoms with van der Waals surface area (Å²) in [5.41, 5.74) is 3.03. The molecular weight excluding hydrogens is 268 g/mol. The third-order valence-electron chi connectivity index (χ3n) is 4.34. The van der Waals surface area contributed by atoms with Crippen LogP contribution in [0.1, 0.15) is 46.5 Å². The second-order valence-electron chi connectivity index (χ2n) is 5.53. The average molecular weight is 290 g/mol. The van der Waals surface area contributed by atoms with Crippen molar-refractivity contribution in [1.29, 1.82) is 0 Å². The molecule has 5 nitrogen and oxygen atoms in total. The van der Waals surface area contributed by atoms with Crippen molar-refractivity contribution in [3.8, 4) is 0 Å². The molecule has 0 aliphatic carbocycles. The number of imide groups is 1. The first-order chi connectivity index (χ1) is 9.99. The molecule has 2 aliphatic rings. The summed E-state index contributed by atoms with van der Waals surface area (Å²) >= 11 is 0. The van der Waals surface area contributed by atoms with Crippen molar-refractivity contribution in [2.24, 2.45) is 0 Å². The Hall–Kier alpha value is -1.91. The first-order valence-electron chi connectivity index (χ1n) is 7.49. The summed E-state index contributed by atoms with van der Waals surface area (Å²) in [6, 6.07) is -0.520. The Kier molecular flexibility index (Phi) is 4.60. The van der Waals surface area contributed by atoms with E-state index in [0.29, 0.717) is 25.0 Å². The van der Waals surface area contributed by atoms with Crippen LogP contribution in [0.25, 0.3) is 0 Å². The van der Waals surface area contributed by atoms with Gasteiger partial charge in [-0.15, -0.1) is 0 Å². The van der Waals surface area contributed by atoms with E-state index in [2.05, 4.69) is 12.2 Å². The van der Waals surface area contributed by atoms with E-state index in [1.165, 1.54) is 5.57 Å². The van der Waals surface area contributed by atoms with E-state index in [0.717, 1.165) is 18.4 Å². The lowest BCUT2D eigenvalue weighted by Gasteiger charge is -2.37. The molecule has 0 aromatic carbocycles. The van der Waals surface area contributed by atoms with Gasteiger partial charge in [0.2, 0.25) is 11.8 Å². The maximum Gasteiger partial charge on any atom is 0.254 e. The molecule has 1 atom stereocenters. The molecule has 0 aromatic heterocycles. The van der Waals surface area contributed by atoms with Crippen LogP contribution in [0.4, 0.5) is 0 Å². The van der Waals surface area contributed by atoms with Crippen LogP contribution >= 0.6 is 0 Å². The molecule has 2 heterocycles. The molecule has 0 spiro atoms. The maximum atomic E-state index is 12.7. The summed E-state index contributed by atoms with van der Waals surface area (Å²) < 4.78 is 0. The average Bonchev–Trinajstić information content (AvgIpc) is 2.47. The number of allylic oxidation sites excluding steroid dienone is 2. The number of carbonyl (C=O) groups excluding carboxylic acids is 3. The van der Waals surface area contributed by atoms with E-state index in [-0.39, 0.29) is 17.7 Å². The minimum atomic E-state index is -0.520. The van der Waals surface area contributed by atoms with Crippen molar-refractivity contribution in [2.45, 2.75) is 52.5 Å². The van der Waals surface area contributed by atoms with Crippen LogP contribution in [0, 0.1) is 0 Å². The number of likely N-dealkylation sites (tertiary alicyclic amines) is 1. The fraction of sp³-hybridized carbons (Fsp3) is 0.562. The third kappa shape index (κ3) is 2.91. The number of rotatable bonds is 2. The van der Waals surface area contributed by atoms with E-state index in [1.54, 1.807) is 4.90 Å². The number of hydrogen-bond acceptors (Lipinski definition) is 3. The van der Waals surface area contributed by atoms with Crippen LogP contribution in [0.5, 0.6) is 0 Å². The molecule has 0 radical (unpaired) electrons. The van der Waals surface area contributed by atoms with Crippen molar-refractivity contribution in [3.05, 3.63) is 22.8 Å². The molecule has 1 N–H and O–H groups in total. The van der Waals surface area contributed by atoms with Gasteiger partial charge in [0.25, 0.3) is 5.91 Å². The Labute approximate surface area is 125 Å². The van der Waals surface area contributed by atoms with Gasteiger partial charge in [-0.25, -0.2) is 0 Å². The van der Waals surface area contributed by atoms with Crippen molar-refractivity contribution in [1.82, 2.24) is 10.2 Å². The highest BCUT2D eigenvalue weighted by molar-refractivity contribution is 6.05. The molecule has 2 saturated heterocycles. The Bertz CT molecular complexity index is 546. The number of hydrogen-bond donors (Lipinski definition) is 1. The van der Waals surface area contributed by atoms with Crippen LogP contribution in [0.15, 0.2) is 22.8 Å². The van der Waals surface area contributed by atoms with Gasteiger partial charge in [0.05, 0.1) is 0 Å². The number of nitrogens with zero attached hydrogens (tertiary/aromatic N) is 1. The molecular formula is C16H22N2O3. The zero-order chi connectivity index (χ0) is 15.6. The summed E-state index contributed by atoms with van der Waals surface area (Å²) in [5.74, 6) is -0.704. The smallest absolute Gasteiger partial charge is 0.254 e. The van der Waals surface area contributed by atoms with Gasteiger partial charge in [-0.05, 0) is 38.7 Å². The van der Waals surface area contributed by atoms with Gasteiger partial charge >= 0.3 is 0 Å². The molecule has 5 heteroatoms. The first kappa shape index (κ1) is 15.5. The minimum absolute atomic E-state index is 0.0963. The van der Waals surface area contributed by atoms with Gasteiger partial charge in [-0.2, -0.15) is 0 Å². The van der Waals surface area contributed by atoms with Crippen LogP contribution < -0.4 is 5.32 Å². The molecule has 0 aromatic rings. The minimum Gasteiger partial charge on any atom is -0.326 e. The zero-order valence-electron chi connectivity index (χ0n) is 12.9. The normalized spacial score (nSPS) is 28.0. The van der Waals surface area contributed by atoms with Crippen LogP contribution in [0.2, 0.25) is 0 Å². The van der Waals surface area contributed by atoms with Crippen LogP contribution in [-0.4, -0.2) is 35.2 Å². The van der Waals surface area contributed by atoms with Crippen molar-refractivity contribution >= 4 is 17.7 Å². The lowest BCUT2D eigenvalue weighted by atomic mass is 9.89. The Morgan fingerprint density at radius 2 is 2.05 bits per heavy atom. The van der Waals surface area contributed by atoms with Gasteiger partial charge in [0.1, 0.15) is 6.04 Å². The summed E-state index contributed by atoms with van der Waals surface area (Å²) in [7, 11) is 0. The lowest BCUT2D eigenvalue weighted by molar-refractivity contribution is -0.144. The standard InChI is InChI=1S/C16H22N2O3/c1-4-10(3)12-8-9-18(16(21)11(12)5-2)13-6-7-14(19)17-15(13)20/h5,13H,4,6-9H2,1-3H3,(H,17,19,20)/b11-5+,12-10-. The Morgan fingerprint density at radius 3 is 2.62 bits per heavy atom. The second kappa shape index (κ2) is 6.24. The predicted molar refractivity (Wildman–Crippen MR) is 79.2 cm³/mol. The lowest BCUT2D eigenvalue weighted by Crippen LogP contribution is -2.56. The molecule has 0 bridgehead atoms. The van der Waals surface area contributed by atoms with Gasteiger partial charge in [0.15, 0.2) is 0 Å². The fourth-order valence-electron chi connectivity index (χ4n) is 2.98. The van der Waals surface area contributed by atoms with E-state index in [9.17, 15) is 14.4 Å². The van der Waals surface area contributed by atoms with E-state index in [1.807, 2.05) is 19.9 Å². The molecule has 2 rings (SSSR count). The van der Waals surface area contributed by atoms with Crippen molar-refractivity contribution in [3.63, 3.8) is 0 Å². The zero-order valence-corrected chi connectivity index (χ0v) is 12.9. The molecule has 21 heavy (non-hydrogen) atoms. The van der Waals surface area contributed by atoms with Crippen molar-refractivity contribution in [2.75, 3.05) is 6.54 Å².